The fourth-order valence-corrected chi connectivity index (χ4v) is 2.85. The van der Waals surface area contributed by atoms with Crippen LogP contribution in [0.2, 0.25) is 0 Å². The van der Waals surface area contributed by atoms with Crippen molar-refractivity contribution >= 4 is 17.7 Å². The van der Waals surface area contributed by atoms with E-state index in [9.17, 15) is 14.4 Å². The van der Waals surface area contributed by atoms with Gasteiger partial charge in [-0.15, -0.1) is 0 Å². The number of carbonyl (C=O) groups excluding carboxylic acids is 3. The molecule has 2 heterocycles. The highest BCUT2D eigenvalue weighted by Crippen LogP contribution is 2.21. The van der Waals surface area contributed by atoms with Crippen LogP contribution in [0.3, 0.4) is 0 Å². The largest absolute Gasteiger partial charge is 0.318 e. The molecule has 0 aromatic heterocycles. The van der Waals surface area contributed by atoms with E-state index in [1.54, 1.807) is 13.0 Å². The Bertz CT molecular complexity index is 627. The Morgan fingerprint density at radius 3 is 2.95 bits per heavy atom. The van der Waals surface area contributed by atoms with Crippen molar-refractivity contribution in [2.75, 3.05) is 13.1 Å². The van der Waals surface area contributed by atoms with Gasteiger partial charge in [0.1, 0.15) is 12.6 Å². The number of imide groups is 1. The zero-order chi connectivity index (χ0) is 15.0. The number of amides is 3. The van der Waals surface area contributed by atoms with Gasteiger partial charge in [0, 0.05) is 12.1 Å². The number of fused-ring (bicyclic) bond motifs is 1. The standard InChI is InChI=1S/C15H17N3O3/c1-9-14(20)17-13(19)8-18(9)15(21)12-4-2-3-10-7-16-6-5-11(10)12/h2-4,9,16H,5-8H2,1H3,(H,17,19,20). The van der Waals surface area contributed by atoms with Gasteiger partial charge in [0.15, 0.2) is 0 Å². The number of hydrogen-bond acceptors (Lipinski definition) is 4. The molecule has 0 aliphatic carbocycles. The van der Waals surface area contributed by atoms with Crippen molar-refractivity contribution in [2.45, 2.75) is 25.9 Å². The predicted octanol–water partition coefficient (Wildman–Crippen LogP) is -0.181. The molecule has 2 aliphatic heterocycles. The molecule has 6 heteroatoms. The Balaban J connectivity index is 1.95. The molecule has 1 fully saturated rings. The Morgan fingerprint density at radius 1 is 1.33 bits per heavy atom. The normalized spacial score (nSPS) is 21.8. The summed E-state index contributed by atoms with van der Waals surface area (Å²) in [7, 11) is 0. The van der Waals surface area contributed by atoms with Crippen LogP contribution in [-0.4, -0.2) is 41.8 Å². The van der Waals surface area contributed by atoms with Crippen molar-refractivity contribution in [1.82, 2.24) is 15.5 Å². The van der Waals surface area contributed by atoms with E-state index in [1.165, 1.54) is 4.90 Å². The summed E-state index contributed by atoms with van der Waals surface area (Å²) in [4.78, 5) is 37.3. The summed E-state index contributed by atoms with van der Waals surface area (Å²) in [6, 6.07) is 4.98. The lowest BCUT2D eigenvalue weighted by molar-refractivity contribution is -0.138. The first-order valence-electron chi connectivity index (χ1n) is 7.04. The van der Waals surface area contributed by atoms with Crippen LogP contribution >= 0.6 is 0 Å². The molecule has 2 aliphatic rings. The summed E-state index contributed by atoms with van der Waals surface area (Å²) >= 11 is 0. The molecule has 2 N–H and O–H groups in total. The lowest BCUT2D eigenvalue weighted by Gasteiger charge is -2.32. The van der Waals surface area contributed by atoms with Crippen LogP contribution < -0.4 is 10.6 Å². The van der Waals surface area contributed by atoms with Crippen LogP contribution in [0, 0.1) is 0 Å². The van der Waals surface area contributed by atoms with E-state index in [0.717, 1.165) is 30.6 Å². The molecule has 0 radical (unpaired) electrons. The van der Waals surface area contributed by atoms with Gasteiger partial charge in [0.05, 0.1) is 0 Å². The third-order valence-corrected chi connectivity index (χ3v) is 4.06. The average Bonchev–Trinajstić information content (AvgIpc) is 2.49. The molecular formula is C15H17N3O3. The maximum atomic E-state index is 12.7. The smallest absolute Gasteiger partial charge is 0.255 e. The number of nitrogens with one attached hydrogen (secondary N) is 2. The van der Waals surface area contributed by atoms with E-state index < -0.39 is 17.9 Å². The molecule has 0 spiro atoms. The molecule has 3 rings (SSSR count). The van der Waals surface area contributed by atoms with Gasteiger partial charge in [-0.25, -0.2) is 0 Å². The number of nitrogens with zero attached hydrogens (tertiary/aromatic N) is 1. The van der Waals surface area contributed by atoms with Gasteiger partial charge in [0.2, 0.25) is 11.8 Å². The van der Waals surface area contributed by atoms with Crippen LogP contribution in [0.1, 0.15) is 28.4 Å². The Hall–Kier alpha value is -2.21. The second kappa shape index (κ2) is 5.29. The summed E-state index contributed by atoms with van der Waals surface area (Å²) in [5, 5.41) is 5.51. The molecule has 110 valence electrons. The molecule has 1 aromatic carbocycles. The van der Waals surface area contributed by atoms with Gasteiger partial charge in [-0.1, -0.05) is 12.1 Å². The number of piperazine rings is 1. The van der Waals surface area contributed by atoms with E-state index in [2.05, 4.69) is 10.6 Å². The van der Waals surface area contributed by atoms with Crippen molar-refractivity contribution < 1.29 is 14.4 Å². The van der Waals surface area contributed by atoms with E-state index in [4.69, 9.17) is 0 Å². The number of carbonyl (C=O) groups is 3. The topological polar surface area (TPSA) is 78.5 Å². The fraction of sp³-hybridized carbons (Fsp3) is 0.400. The summed E-state index contributed by atoms with van der Waals surface area (Å²) in [6.45, 7) is 3.13. The average molecular weight is 287 g/mol. The van der Waals surface area contributed by atoms with Gasteiger partial charge in [0.25, 0.3) is 5.91 Å². The lowest BCUT2D eigenvalue weighted by atomic mass is 9.94. The van der Waals surface area contributed by atoms with Crippen molar-refractivity contribution in [3.63, 3.8) is 0 Å². The first kappa shape index (κ1) is 13.8. The van der Waals surface area contributed by atoms with E-state index >= 15 is 0 Å². The monoisotopic (exact) mass is 287 g/mol. The highest BCUT2D eigenvalue weighted by Gasteiger charge is 2.35. The highest BCUT2D eigenvalue weighted by atomic mass is 16.2. The van der Waals surface area contributed by atoms with Gasteiger partial charge < -0.3 is 10.2 Å². The molecule has 0 saturated carbocycles. The summed E-state index contributed by atoms with van der Waals surface area (Å²) in [5.41, 5.74) is 2.72. The predicted molar refractivity (Wildman–Crippen MR) is 75.5 cm³/mol. The third-order valence-electron chi connectivity index (χ3n) is 4.06. The van der Waals surface area contributed by atoms with Crippen LogP contribution in [-0.2, 0) is 22.6 Å². The number of benzene rings is 1. The number of hydrogen-bond donors (Lipinski definition) is 2. The minimum atomic E-state index is -0.632. The molecule has 1 aromatic rings. The number of rotatable bonds is 1. The quantitative estimate of drug-likeness (QED) is 0.702. The van der Waals surface area contributed by atoms with Crippen LogP contribution in [0.25, 0.3) is 0 Å². The maximum absolute atomic E-state index is 12.7. The van der Waals surface area contributed by atoms with Gasteiger partial charge >= 0.3 is 0 Å². The van der Waals surface area contributed by atoms with Crippen molar-refractivity contribution in [1.29, 1.82) is 0 Å². The summed E-state index contributed by atoms with van der Waals surface area (Å²) in [6.07, 6.45) is 0.777. The van der Waals surface area contributed by atoms with Gasteiger partial charge in [-0.2, -0.15) is 0 Å². The molecule has 0 bridgehead atoms. The molecule has 1 saturated heterocycles. The Morgan fingerprint density at radius 2 is 2.14 bits per heavy atom. The summed E-state index contributed by atoms with van der Waals surface area (Å²) < 4.78 is 0. The zero-order valence-electron chi connectivity index (χ0n) is 11.8. The van der Waals surface area contributed by atoms with Crippen molar-refractivity contribution in [2.24, 2.45) is 0 Å². The molecule has 21 heavy (non-hydrogen) atoms. The van der Waals surface area contributed by atoms with Crippen LogP contribution in [0.15, 0.2) is 18.2 Å². The minimum absolute atomic E-state index is 0.0757. The molecular weight excluding hydrogens is 270 g/mol. The van der Waals surface area contributed by atoms with Gasteiger partial charge in [-0.05, 0) is 37.1 Å². The van der Waals surface area contributed by atoms with E-state index in [1.807, 2.05) is 12.1 Å². The van der Waals surface area contributed by atoms with Crippen LogP contribution in [0.4, 0.5) is 0 Å². The second-order valence-corrected chi connectivity index (χ2v) is 5.39. The molecule has 1 atom stereocenters. The molecule has 1 unspecified atom stereocenters. The van der Waals surface area contributed by atoms with Crippen molar-refractivity contribution in [3.05, 3.63) is 34.9 Å². The summed E-state index contributed by atoms with van der Waals surface area (Å²) in [5.74, 6) is -1.10. The van der Waals surface area contributed by atoms with Crippen molar-refractivity contribution in [3.8, 4) is 0 Å². The van der Waals surface area contributed by atoms with Gasteiger partial charge in [-0.3, -0.25) is 19.7 Å². The second-order valence-electron chi connectivity index (χ2n) is 5.39. The highest BCUT2D eigenvalue weighted by molar-refractivity contribution is 6.07. The Kier molecular flexibility index (Phi) is 3.47. The first-order chi connectivity index (χ1) is 10.1. The zero-order valence-corrected chi connectivity index (χ0v) is 11.8. The molecule has 3 amide bonds. The fourth-order valence-electron chi connectivity index (χ4n) is 2.85. The lowest BCUT2D eigenvalue weighted by Crippen LogP contribution is -2.58. The molecule has 6 nitrogen and oxygen atoms in total. The maximum Gasteiger partial charge on any atom is 0.255 e. The minimum Gasteiger partial charge on any atom is -0.318 e. The van der Waals surface area contributed by atoms with E-state index in [-0.39, 0.29) is 12.5 Å². The van der Waals surface area contributed by atoms with E-state index in [0.29, 0.717) is 5.56 Å². The first-order valence-corrected chi connectivity index (χ1v) is 7.04. The van der Waals surface area contributed by atoms with Crippen LogP contribution in [0.5, 0.6) is 0 Å². The third kappa shape index (κ3) is 2.42. The Labute approximate surface area is 122 Å². The SMILES string of the molecule is CC1C(=O)NC(=O)CN1C(=O)c1cccc2c1CCNC2.